The van der Waals surface area contributed by atoms with Crippen molar-refractivity contribution in [2.45, 2.75) is 26.4 Å². The van der Waals surface area contributed by atoms with Gasteiger partial charge in [0.1, 0.15) is 11.3 Å². The molecule has 0 spiro atoms. The lowest BCUT2D eigenvalue weighted by Gasteiger charge is -2.21. The predicted octanol–water partition coefficient (Wildman–Crippen LogP) is 2.58. The summed E-state index contributed by atoms with van der Waals surface area (Å²) in [6.07, 6.45) is 0.537. The second kappa shape index (κ2) is 4.92. The van der Waals surface area contributed by atoms with Crippen LogP contribution in [0.3, 0.4) is 0 Å². The molecule has 5 heteroatoms. The normalized spacial score (nSPS) is 11.3. The third-order valence-electron chi connectivity index (χ3n) is 2.67. The van der Waals surface area contributed by atoms with Gasteiger partial charge in [-0.2, -0.15) is 0 Å². The second-order valence-electron chi connectivity index (χ2n) is 5.42. The molecular weight excluding hydrogens is 256 g/mol. The number of fused-ring (bicyclic) bond motifs is 1. The van der Waals surface area contributed by atoms with Crippen LogP contribution in [0.25, 0.3) is 10.9 Å². The Balaban J connectivity index is 2.69. The summed E-state index contributed by atoms with van der Waals surface area (Å²) in [4.78, 5) is 27.5. The lowest BCUT2D eigenvalue weighted by molar-refractivity contribution is 0.00730. The zero-order valence-electron chi connectivity index (χ0n) is 11.6. The lowest BCUT2D eigenvalue weighted by atomic mass is 10.0. The van der Waals surface area contributed by atoms with E-state index < -0.39 is 11.6 Å². The topological polar surface area (TPSA) is 82.3 Å². The zero-order chi connectivity index (χ0) is 14.9. The summed E-state index contributed by atoms with van der Waals surface area (Å²) in [6.45, 7) is 5.31. The van der Waals surface area contributed by atoms with Gasteiger partial charge >= 0.3 is 5.97 Å². The summed E-state index contributed by atoms with van der Waals surface area (Å²) in [6, 6.07) is 7.00. The number of benzene rings is 1. The maximum atomic E-state index is 12.3. The van der Waals surface area contributed by atoms with Gasteiger partial charge < -0.3 is 10.5 Å². The number of rotatable bonds is 2. The number of aromatic nitrogens is 1. The van der Waals surface area contributed by atoms with E-state index >= 15 is 0 Å². The molecule has 0 radical (unpaired) electrons. The van der Waals surface area contributed by atoms with Crippen LogP contribution in [0.15, 0.2) is 24.3 Å². The molecule has 1 aromatic carbocycles. The molecule has 104 valence electrons. The first-order valence-electron chi connectivity index (χ1n) is 6.20. The van der Waals surface area contributed by atoms with Crippen molar-refractivity contribution in [1.29, 1.82) is 0 Å². The minimum atomic E-state index is -0.644. The zero-order valence-corrected chi connectivity index (χ0v) is 11.6. The number of carbonyl (C=O) groups is 2. The van der Waals surface area contributed by atoms with Gasteiger partial charge in [-0.1, -0.05) is 18.2 Å². The Morgan fingerprint density at radius 3 is 2.55 bits per heavy atom. The van der Waals surface area contributed by atoms with Gasteiger partial charge in [-0.3, -0.25) is 4.79 Å². The monoisotopic (exact) mass is 272 g/mol. The third kappa shape index (κ3) is 2.61. The number of carbonyl (C=O) groups excluding carboxylic acids is 2. The molecule has 2 rings (SSSR count). The van der Waals surface area contributed by atoms with E-state index in [1.165, 1.54) is 0 Å². The molecule has 2 N–H and O–H groups in total. The SMILES string of the molecule is CC(C)(C)OC(=O)c1c(N)c(C=O)nc2ccccc12. The lowest BCUT2D eigenvalue weighted by Crippen LogP contribution is -2.25. The van der Waals surface area contributed by atoms with Crippen LogP contribution in [0, 0.1) is 0 Å². The van der Waals surface area contributed by atoms with Crippen LogP contribution in [-0.2, 0) is 4.74 Å². The quantitative estimate of drug-likeness (QED) is 0.671. The molecule has 0 saturated carbocycles. The minimum absolute atomic E-state index is 0.0459. The molecule has 1 aromatic heterocycles. The molecular formula is C15H16N2O3. The molecule has 0 amide bonds. The fourth-order valence-electron chi connectivity index (χ4n) is 1.88. The number of pyridine rings is 1. The average Bonchev–Trinajstić information content (AvgIpc) is 2.35. The van der Waals surface area contributed by atoms with E-state index in [1.807, 2.05) is 0 Å². The Morgan fingerprint density at radius 1 is 1.30 bits per heavy atom. The fourth-order valence-corrected chi connectivity index (χ4v) is 1.88. The summed E-state index contributed by atoms with van der Waals surface area (Å²) in [7, 11) is 0. The number of nitrogens with two attached hydrogens (primary N) is 1. The standard InChI is InChI=1S/C15H16N2O3/c1-15(2,3)20-14(19)12-9-6-4-5-7-10(9)17-11(8-18)13(12)16/h4-8H,16H2,1-3H3. The Morgan fingerprint density at radius 2 is 1.95 bits per heavy atom. The molecule has 1 heterocycles. The Hall–Kier alpha value is -2.43. The molecule has 5 nitrogen and oxygen atoms in total. The van der Waals surface area contributed by atoms with Crippen LogP contribution in [0.2, 0.25) is 0 Å². The first-order chi connectivity index (χ1) is 9.33. The van der Waals surface area contributed by atoms with Gasteiger partial charge in [0.05, 0.1) is 16.8 Å². The Kier molecular flexibility index (Phi) is 3.44. The van der Waals surface area contributed by atoms with E-state index in [0.29, 0.717) is 17.2 Å². The van der Waals surface area contributed by atoms with Gasteiger partial charge in [-0.25, -0.2) is 9.78 Å². The van der Waals surface area contributed by atoms with E-state index in [4.69, 9.17) is 10.5 Å². The maximum Gasteiger partial charge on any atom is 0.341 e. The highest BCUT2D eigenvalue weighted by Crippen LogP contribution is 2.27. The summed E-state index contributed by atoms with van der Waals surface area (Å²) < 4.78 is 5.35. The minimum Gasteiger partial charge on any atom is -0.456 e. The second-order valence-corrected chi connectivity index (χ2v) is 5.42. The predicted molar refractivity (Wildman–Crippen MR) is 76.7 cm³/mol. The van der Waals surface area contributed by atoms with Crippen molar-refractivity contribution in [3.8, 4) is 0 Å². The van der Waals surface area contributed by atoms with Crippen LogP contribution in [0.4, 0.5) is 5.69 Å². The van der Waals surface area contributed by atoms with Gasteiger partial charge in [0.2, 0.25) is 0 Å². The third-order valence-corrected chi connectivity index (χ3v) is 2.67. The molecule has 0 saturated heterocycles. The van der Waals surface area contributed by atoms with Crippen molar-refractivity contribution in [2.24, 2.45) is 0 Å². The van der Waals surface area contributed by atoms with E-state index in [0.717, 1.165) is 0 Å². The number of nitrogen functional groups attached to an aromatic ring is 1. The van der Waals surface area contributed by atoms with Crippen LogP contribution in [0.1, 0.15) is 41.6 Å². The molecule has 20 heavy (non-hydrogen) atoms. The summed E-state index contributed by atoms with van der Waals surface area (Å²) >= 11 is 0. The smallest absolute Gasteiger partial charge is 0.341 e. The molecule has 0 aliphatic heterocycles. The van der Waals surface area contributed by atoms with Gasteiger partial charge in [-0.05, 0) is 26.8 Å². The number of aldehydes is 1. The van der Waals surface area contributed by atoms with Crippen molar-refractivity contribution < 1.29 is 14.3 Å². The highest BCUT2D eigenvalue weighted by molar-refractivity contribution is 6.10. The van der Waals surface area contributed by atoms with Gasteiger partial charge in [-0.15, -0.1) is 0 Å². The molecule has 0 fully saturated rings. The van der Waals surface area contributed by atoms with E-state index in [1.54, 1.807) is 45.0 Å². The average molecular weight is 272 g/mol. The number of para-hydroxylation sites is 1. The van der Waals surface area contributed by atoms with Gasteiger partial charge in [0.25, 0.3) is 0 Å². The fraction of sp³-hybridized carbons (Fsp3) is 0.267. The van der Waals surface area contributed by atoms with Crippen molar-refractivity contribution in [1.82, 2.24) is 4.98 Å². The largest absolute Gasteiger partial charge is 0.456 e. The Labute approximate surface area is 116 Å². The Bertz CT molecular complexity index is 687. The number of anilines is 1. The highest BCUT2D eigenvalue weighted by atomic mass is 16.6. The number of ether oxygens (including phenoxy) is 1. The summed E-state index contributed by atoms with van der Waals surface area (Å²) in [5, 5.41) is 0.574. The van der Waals surface area contributed by atoms with Crippen LogP contribution >= 0.6 is 0 Å². The van der Waals surface area contributed by atoms with Gasteiger partial charge in [0.15, 0.2) is 6.29 Å². The first-order valence-corrected chi connectivity index (χ1v) is 6.20. The number of hydrogen-bond acceptors (Lipinski definition) is 5. The number of hydrogen-bond donors (Lipinski definition) is 1. The van der Waals surface area contributed by atoms with E-state index in [-0.39, 0.29) is 16.9 Å². The molecule has 0 bridgehead atoms. The molecule has 0 atom stereocenters. The number of nitrogens with zero attached hydrogens (tertiary/aromatic N) is 1. The molecule has 0 unspecified atom stereocenters. The number of esters is 1. The first kappa shape index (κ1) is 14.0. The maximum absolute atomic E-state index is 12.3. The van der Waals surface area contributed by atoms with Crippen LogP contribution < -0.4 is 5.73 Å². The van der Waals surface area contributed by atoms with Gasteiger partial charge in [0, 0.05) is 5.39 Å². The van der Waals surface area contributed by atoms with Crippen LogP contribution in [0.5, 0.6) is 0 Å². The summed E-state index contributed by atoms with van der Waals surface area (Å²) in [5.74, 6) is -0.559. The van der Waals surface area contributed by atoms with Crippen LogP contribution in [-0.4, -0.2) is 22.8 Å². The van der Waals surface area contributed by atoms with Crippen molar-refractivity contribution >= 4 is 28.8 Å². The highest BCUT2D eigenvalue weighted by Gasteiger charge is 2.24. The molecule has 2 aromatic rings. The van der Waals surface area contributed by atoms with Crippen molar-refractivity contribution in [3.63, 3.8) is 0 Å². The van der Waals surface area contributed by atoms with Crippen molar-refractivity contribution in [3.05, 3.63) is 35.5 Å². The molecule has 0 aliphatic carbocycles. The van der Waals surface area contributed by atoms with E-state index in [9.17, 15) is 9.59 Å². The van der Waals surface area contributed by atoms with E-state index in [2.05, 4.69) is 4.98 Å². The summed E-state index contributed by atoms with van der Waals surface area (Å²) in [5.41, 5.74) is 6.06. The molecule has 0 aliphatic rings. The van der Waals surface area contributed by atoms with Crippen molar-refractivity contribution in [2.75, 3.05) is 5.73 Å².